The fourth-order valence-corrected chi connectivity index (χ4v) is 4.45. The number of rotatable bonds is 4. The Bertz CT molecular complexity index is 1420. The summed E-state index contributed by atoms with van der Waals surface area (Å²) in [6.45, 7) is 2.08. The van der Waals surface area contributed by atoms with E-state index in [-0.39, 0.29) is 12.5 Å². The molecule has 1 aromatic heterocycles. The van der Waals surface area contributed by atoms with Gasteiger partial charge in [-0.1, -0.05) is 45.8 Å². The topological polar surface area (TPSA) is 68.0 Å². The number of carbonyl (C=O) groups excluding carboxylic acids is 1. The van der Waals surface area contributed by atoms with Crippen molar-refractivity contribution in [3.05, 3.63) is 92.5 Å². The van der Waals surface area contributed by atoms with Gasteiger partial charge in [0.25, 0.3) is 5.91 Å². The minimum absolute atomic E-state index is 0.0296. The molecule has 5 rings (SSSR count). The summed E-state index contributed by atoms with van der Waals surface area (Å²) in [7, 11) is 0. The van der Waals surface area contributed by atoms with E-state index in [2.05, 4.69) is 21.2 Å². The third-order valence-corrected chi connectivity index (χ3v) is 6.39. The van der Waals surface area contributed by atoms with Gasteiger partial charge in [0, 0.05) is 15.4 Å². The quantitative estimate of drug-likeness (QED) is 0.350. The van der Waals surface area contributed by atoms with Gasteiger partial charge in [0.1, 0.15) is 5.75 Å². The molecule has 0 fully saturated rings. The number of carbonyl (C=O) groups is 1. The van der Waals surface area contributed by atoms with E-state index in [0.717, 1.165) is 31.8 Å². The predicted octanol–water partition coefficient (Wildman–Crippen LogP) is 5.73. The van der Waals surface area contributed by atoms with Crippen molar-refractivity contribution in [1.29, 1.82) is 0 Å². The van der Waals surface area contributed by atoms with Crippen LogP contribution in [0.1, 0.15) is 11.1 Å². The molecule has 4 aromatic rings. The summed E-state index contributed by atoms with van der Waals surface area (Å²) in [5.74, 6) is 0.490. The molecule has 0 saturated carbocycles. The number of halogens is 1. The van der Waals surface area contributed by atoms with Crippen LogP contribution in [-0.2, 0) is 4.79 Å². The summed E-state index contributed by atoms with van der Waals surface area (Å²) in [6, 6.07) is 21.7. The van der Waals surface area contributed by atoms with Crippen molar-refractivity contribution in [2.75, 3.05) is 11.9 Å². The fraction of sp³-hybridized carbons (Fsp3) is 0.0800. The number of anilines is 1. The first-order chi connectivity index (χ1) is 16.0. The van der Waals surface area contributed by atoms with Gasteiger partial charge in [0.15, 0.2) is 6.61 Å². The van der Waals surface area contributed by atoms with Gasteiger partial charge in [-0.2, -0.15) is 5.10 Å². The Morgan fingerprint density at radius 2 is 1.88 bits per heavy atom. The standard InChI is InChI=1S/C25H19BrN4O2S/c1-16-2-9-20(10-3-16)28-25-30(27-13-17-4-7-19(26)8-5-17)22(15-33-25)18-6-11-23-21(12-18)29-24(31)14-32-23/h2-13,15H,14H2,1H3,(H,29,31). The molecule has 1 amide bonds. The Balaban J connectivity index is 1.61. The summed E-state index contributed by atoms with van der Waals surface area (Å²) in [5, 5.41) is 9.64. The molecule has 0 spiro atoms. The van der Waals surface area contributed by atoms with Crippen molar-refractivity contribution in [3.63, 3.8) is 0 Å². The van der Waals surface area contributed by atoms with E-state index in [1.807, 2.05) is 83.7 Å². The van der Waals surface area contributed by atoms with Crippen LogP contribution in [0, 0.1) is 6.92 Å². The first-order valence-corrected chi connectivity index (χ1v) is 11.9. The molecule has 0 unspecified atom stereocenters. The first-order valence-electron chi connectivity index (χ1n) is 10.2. The minimum Gasteiger partial charge on any atom is -0.482 e. The maximum Gasteiger partial charge on any atom is 0.262 e. The van der Waals surface area contributed by atoms with E-state index < -0.39 is 0 Å². The number of ether oxygens (including phenoxy) is 1. The van der Waals surface area contributed by atoms with Crippen LogP contribution >= 0.6 is 27.3 Å². The molecule has 33 heavy (non-hydrogen) atoms. The van der Waals surface area contributed by atoms with E-state index >= 15 is 0 Å². The molecule has 8 heteroatoms. The third kappa shape index (κ3) is 4.81. The normalized spacial score (nSPS) is 13.6. The number of hydrogen-bond acceptors (Lipinski definition) is 5. The van der Waals surface area contributed by atoms with E-state index in [0.29, 0.717) is 11.4 Å². The van der Waals surface area contributed by atoms with Crippen LogP contribution in [0.5, 0.6) is 5.75 Å². The summed E-state index contributed by atoms with van der Waals surface area (Å²) >= 11 is 4.96. The highest BCUT2D eigenvalue weighted by Gasteiger charge is 2.17. The van der Waals surface area contributed by atoms with Gasteiger partial charge in [-0.15, -0.1) is 11.3 Å². The molecule has 0 bridgehead atoms. The highest BCUT2D eigenvalue weighted by molar-refractivity contribution is 9.10. The van der Waals surface area contributed by atoms with Crippen LogP contribution in [-0.4, -0.2) is 23.4 Å². The van der Waals surface area contributed by atoms with Crippen LogP contribution in [0.2, 0.25) is 0 Å². The van der Waals surface area contributed by atoms with Crippen LogP contribution in [0.15, 0.2) is 86.7 Å². The molecule has 1 aliphatic rings. The lowest BCUT2D eigenvalue weighted by Crippen LogP contribution is -2.25. The van der Waals surface area contributed by atoms with Crippen molar-refractivity contribution in [1.82, 2.24) is 4.68 Å². The average Bonchev–Trinajstić information content (AvgIpc) is 3.22. The summed E-state index contributed by atoms with van der Waals surface area (Å²) in [4.78, 5) is 17.3. The highest BCUT2D eigenvalue weighted by Crippen LogP contribution is 2.33. The summed E-state index contributed by atoms with van der Waals surface area (Å²) in [6.07, 6.45) is 1.81. The SMILES string of the molecule is Cc1ccc(N=c2scc(-c3ccc4c(c3)NC(=O)CO4)n2N=Cc2ccc(Br)cc2)cc1. The molecule has 0 radical (unpaired) electrons. The van der Waals surface area contributed by atoms with Crippen LogP contribution < -0.4 is 14.9 Å². The minimum atomic E-state index is -0.166. The number of amides is 1. The molecule has 0 saturated heterocycles. The van der Waals surface area contributed by atoms with Crippen molar-refractivity contribution >= 4 is 50.8 Å². The number of nitrogens with one attached hydrogen (secondary N) is 1. The molecule has 164 valence electrons. The Morgan fingerprint density at radius 3 is 2.67 bits per heavy atom. The zero-order valence-corrected chi connectivity index (χ0v) is 20.1. The molecule has 6 nitrogen and oxygen atoms in total. The van der Waals surface area contributed by atoms with Crippen molar-refractivity contribution in [2.24, 2.45) is 10.1 Å². The number of aromatic nitrogens is 1. The molecule has 2 heterocycles. The van der Waals surface area contributed by atoms with E-state index in [9.17, 15) is 4.79 Å². The van der Waals surface area contributed by atoms with Gasteiger partial charge < -0.3 is 10.1 Å². The van der Waals surface area contributed by atoms with Gasteiger partial charge in [0.2, 0.25) is 4.80 Å². The van der Waals surface area contributed by atoms with Crippen molar-refractivity contribution in [2.45, 2.75) is 6.92 Å². The van der Waals surface area contributed by atoms with E-state index in [1.165, 1.54) is 16.9 Å². The Labute approximate surface area is 203 Å². The zero-order valence-electron chi connectivity index (χ0n) is 17.7. The second-order valence-electron chi connectivity index (χ2n) is 7.51. The molecular formula is C25H19BrN4O2S. The van der Waals surface area contributed by atoms with Gasteiger partial charge in [-0.3, -0.25) is 4.79 Å². The number of thiazole rings is 1. The summed E-state index contributed by atoms with van der Waals surface area (Å²) < 4.78 is 8.33. The van der Waals surface area contributed by atoms with E-state index in [4.69, 9.17) is 14.8 Å². The Morgan fingerprint density at radius 1 is 1.09 bits per heavy atom. The number of aryl methyl sites for hydroxylation is 1. The lowest BCUT2D eigenvalue weighted by molar-refractivity contribution is -0.118. The van der Waals surface area contributed by atoms with Crippen molar-refractivity contribution in [3.8, 4) is 17.0 Å². The molecule has 1 aliphatic heterocycles. The maximum absolute atomic E-state index is 11.8. The third-order valence-electron chi connectivity index (χ3n) is 5.04. The lowest BCUT2D eigenvalue weighted by Gasteiger charge is -2.18. The average molecular weight is 519 g/mol. The van der Waals surface area contributed by atoms with Gasteiger partial charge >= 0.3 is 0 Å². The molecule has 0 aliphatic carbocycles. The molecule has 0 atom stereocenters. The lowest BCUT2D eigenvalue weighted by atomic mass is 10.1. The first kappa shape index (κ1) is 21.4. The van der Waals surface area contributed by atoms with Gasteiger partial charge in [0.05, 0.1) is 23.3 Å². The van der Waals surface area contributed by atoms with Crippen LogP contribution in [0.3, 0.4) is 0 Å². The predicted molar refractivity (Wildman–Crippen MR) is 135 cm³/mol. The number of fused-ring (bicyclic) bond motifs is 1. The largest absolute Gasteiger partial charge is 0.482 e. The molecular weight excluding hydrogens is 500 g/mol. The monoisotopic (exact) mass is 518 g/mol. The number of nitrogens with zero attached hydrogens (tertiary/aromatic N) is 3. The second kappa shape index (κ2) is 9.17. The summed E-state index contributed by atoms with van der Waals surface area (Å²) in [5.41, 5.74) is 5.41. The number of benzene rings is 3. The Kier molecular flexibility index (Phi) is 5.93. The van der Waals surface area contributed by atoms with Crippen LogP contribution in [0.4, 0.5) is 11.4 Å². The molecule has 1 N–H and O–H groups in total. The van der Waals surface area contributed by atoms with Crippen LogP contribution in [0.25, 0.3) is 11.3 Å². The Hall–Kier alpha value is -3.49. The second-order valence-corrected chi connectivity index (χ2v) is 9.26. The zero-order chi connectivity index (χ0) is 22.8. The molecule has 3 aromatic carbocycles. The number of hydrogen-bond donors (Lipinski definition) is 1. The smallest absolute Gasteiger partial charge is 0.262 e. The maximum atomic E-state index is 11.8. The van der Waals surface area contributed by atoms with Crippen molar-refractivity contribution < 1.29 is 9.53 Å². The highest BCUT2D eigenvalue weighted by atomic mass is 79.9. The van der Waals surface area contributed by atoms with Gasteiger partial charge in [-0.25, -0.2) is 9.67 Å². The fourth-order valence-electron chi connectivity index (χ4n) is 3.33. The van der Waals surface area contributed by atoms with Gasteiger partial charge in [-0.05, 0) is 55.0 Å². The van der Waals surface area contributed by atoms with E-state index in [1.54, 1.807) is 6.21 Å².